The van der Waals surface area contributed by atoms with Gasteiger partial charge in [-0.2, -0.15) is 0 Å². The number of carbonyl (C=O) groups is 2. The molecule has 1 aromatic heterocycles. The van der Waals surface area contributed by atoms with E-state index >= 15 is 0 Å². The molecule has 2 aromatic carbocycles. The van der Waals surface area contributed by atoms with Crippen LogP contribution in [-0.2, 0) is 35.5 Å². The van der Waals surface area contributed by atoms with Gasteiger partial charge in [-0.15, -0.1) is 0 Å². The molecular formula is C28H35N5O3. The number of amides is 2. The number of hydrogen-bond donors (Lipinski definition) is 3. The van der Waals surface area contributed by atoms with Crippen LogP contribution in [0.5, 0.6) is 5.75 Å². The van der Waals surface area contributed by atoms with E-state index in [-0.39, 0.29) is 18.2 Å². The maximum atomic E-state index is 12.7. The van der Waals surface area contributed by atoms with Gasteiger partial charge < -0.3 is 20.4 Å². The average Bonchev–Trinajstić information content (AvgIpc) is 3.38. The third-order valence-electron chi connectivity index (χ3n) is 6.17. The van der Waals surface area contributed by atoms with Gasteiger partial charge in [0, 0.05) is 50.1 Å². The van der Waals surface area contributed by atoms with Gasteiger partial charge in [0.05, 0.1) is 25.9 Å². The highest BCUT2D eigenvalue weighted by Crippen LogP contribution is 2.24. The summed E-state index contributed by atoms with van der Waals surface area (Å²) in [5.41, 5.74) is 4.04. The summed E-state index contributed by atoms with van der Waals surface area (Å²) < 4.78 is 6.15. The standard InChI is InChI=1S/C28H35N5O3/c34-27(31-13-11-25-17-29-21-32-25)16-23-9-10-26-24(15-23)19-33(18-22-7-3-1-4-8-22)20-28(35)30-12-5-2-6-14-36-26/h1,3-4,7-10,15,17,21H,2,5-6,11-14,16,18-20H2,(H,29,32)(H,30,35)(H,31,34). The average molecular weight is 490 g/mol. The molecule has 36 heavy (non-hydrogen) atoms. The Labute approximate surface area is 212 Å². The van der Waals surface area contributed by atoms with Gasteiger partial charge in [-0.3, -0.25) is 14.5 Å². The molecule has 0 saturated carbocycles. The number of rotatable bonds is 7. The van der Waals surface area contributed by atoms with Crippen molar-refractivity contribution in [1.29, 1.82) is 0 Å². The molecule has 0 unspecified atom stereocenters. The molecule has 0 spiro atoms. The van der Waals surface area contributed by atoms with Crippen molar-refractivity contribution in [1.82, 2.24) is 25.5 Å². The number of aromatic nitrogens is 2. The molecular weight excluding hydrogens is 454 g/mol. The molecule has 2 heterocycles. The quantitative estimate of drug-likeness (QED) is 0.474. The van der Waals surface area contributed by atoms with Crippen LogP contribution in [0.3, 0.4) is 0 Å². The minimum absolute atomic E-state index is 0.0273. The summed E-state index contributed by atoms with van der Waals surface area (Å²) >= 11 is 0. The highest BCUT2D eigenvalue weighted by molar-refractivity contribution is 5.79. The van der Waals surface area contributed by atoms with Crippen molar-refractivity contribution in [3.63, 3.8) is 0 Å². The molecule has 3 aromatic rings. The summed E-state index contributed by atoms with van der Waals surface area (Å²) in [6, 6.07) is 16.1. The van der Waals surface area contributed by atoms with E-state index in [9.17, 15) is 9.59 Å². The van der Waals surface area contributed by atoms with Crippen molar-refractivity contribution in [3.05, 3.63) is 83.4 Å². The van der Waals surface area contributed by atoms with Crippen molar-refractivity contribution >= 4 is 11.8 Å². The van der Waals surface area contributed by atoms with E-state index in [4.69, 9.17) is 4.74 Å². The smallest absolute Gasteiger partial charge is 0.234 e. The zero-order chi connectivity index (χ0) is 25.0. The molecule has 4 rings (SSSR count). The van der Waals surface area contributed by atoms with Crippen LogP contribution < -0.4 is 15.4 Å². The van der Waals surface area contributed by atoms with Crippen molar-refractivity contribution in [2.75, 3.05) is 26.2 Å². The number of H-pyrrole nitrogens is 1. The Morgan fingerprint density at radius 3 is 2.78 bits per heavy atom. The lowest BCUT2D eigenvalue weighted by Crippen LogP contribution is -2.37. The van der Waals surface area contributed by atoms with Crippen LogP contribution in [0.1, 0.15) is 41.6 Å². The lowest BCUT2D eigenvalue weighted by Gasteiger charge is -2.23. The lowest BCUT2D eigenvalue weighted by molar-refractivity contribution is -0.122. The normalized spacial score (nSPS) is 15.4. The Hall–Kier alpha value is -3.65. The maximum absolute atomic E-state index is 12.7. The van der Waals surface area contributed by atoms with Crippen LogP contribution in [0.15, 0.2) is 61.1 Å². The summed E-state index contributed by atoms with van der Waals surface area (Å²) in [6.07, 6.45) is 7.27. The van der Waals surface area contributed by atoms with Crippen LogP contribution in [-0.4, -0.2) is 52.9 Å². The van der Waals surface area contributed by atoms with Crippen LogP contribution in [0.25, 0.3) is 0 Å². The molecule has 0 saturated heterocycles. The molecule has 3 N–H and O–H groups in total. The van der Waals surface area contributed by atoms with Gasteiger partial charge in [-0.25, -0.2) is 4.98 Å². The fraction of sp³-hybridized carbons (Fsp3) is 0.393. The number of hydrogen-bond acceptors (Lipinski definition) is 5. The third kappa shape index (κ3) is 8.23. The largest absolute Gasteiger partial charge is 0.493 e. The van der Waals surface area contributed by atoms with Crippen LogP contribution >= 0.6 is 0 Å². The summed E-state index contributed by atoms with van der Waals surface area (Å²) in [6.45, 7) is 3.36. The van der Waals surface area contributed by atoms with E-state index in [2.05, 4.69) is 37.6 Å². The molecule has 0 fully saturated rings. The summed E-state index contributed by atoms with van der Waals surface area (Å²) in [5, 5.41) is 6.03. The molecule has 0 radical (unpaired) electrons. The van der Waals surface area contributed by atoms with Gasteiger partial charge in [-0.1, -0.05) is 42.5 Å². The topological polar surface area (TPSA) is 99.3 Å². The van der Waals surface area contributed by atoms with Crippen molar-refractivity contribution in [3.8, 4) is 5.75 Å². The molecule has 1 aliphatic heterocycles. The Morgan fingerprint density at radius 2 is 1.94 bits per heavy atom. The van der Waals surface area contributed by atoms with Gasteiger partial charge in [0.15, 0.2) is 0 Å². The molecule has 1 aliphatic rings. The second-order valence-electron chi connectivity index (χ2n) is 9.19. The molecule has 0 aliphatic carbocycles. The van der Waals surface area contributed by atoms with Gasteiger partial charge in [0.2, 0.25) is 11.8 Å². The first kappa shape index (κ1) is 25.4. The molecule has 2 amide bonds. The number of imidazole rings is 1. The fourth-order valence-electron chi connectivity index (χ4n) is 4.34. The number of nitrogens with zero attached hydrogens (tertiary/aromatic N) is 2. The fourth-order valence-corrected chi connectivity index (χ4v) is 4.34. The van der Waals surface area contributed by atoms with Crippen LogP contribution in [0.2, 0.25) is 0 Å². The highest BCUT2D eigenvalue weighted by Gasteiger charge is 2.17. The highest BCUT2D eigenvalue weighted by atomic mass is 16.5. The number of nitrogens with one attached hydrogen (secondary N) is 3. The minimum Gasteiger partial charge on any atom is -0.493 e. The minimum atomic E-state index is -0.0273. The Balaban J connectivity index is 1.47. The zero-order valence-electron chi connectivity index (χ0n) is 20.7. The Bertz CT molecular complexity index is 1100. The number of ether oxygens (including phenoxy) is 1. The van der Waals surface area contributed by atoms with Crippen molar-refractivity contribution in [2.45, 2.75) is 45.2 Å². The predicted molar refractivity (Wildman–Crippen MR) is 138 cm³/mol. The van der Waals surface area contributed by atoms with Crippen molar-refractivity contribution in [2.24, 2.45) is 0 Å². The monoisotopic (exact) mass is 489 g/mol. The van der Waals surface area contributed by atoms with E-state index in [0.717, 1.165) is 47.4 Å². The summed E-state index contributed by atoms with van der Waals surface area (Å²) in [7, 11) is 0. The van der Waals surface area contributed by atoms with Gasteiger partial charge in [-0.05, 0) is 36.5 Å². The summed E-state index contributed by atoms with van der Waals surface area (Å²) in [5.74, 6) is 0.817. The molecule has 0 atom stereocenters. The van der Waals surface area contributed by atoms with E-state index in [1.807, 2.05) is 36.4 Å². The number of aromatic amines is 1. The summed E-state index contributed by atoms with van der Waals surface area (Å²) in [4.78, 5) is 34.4. The van der Waals surface area contributed by atoms with E-state index < -0.39 is 0 Å². The number of benzene rings is 2. The van der Waals surface area contributed by atoms with E-state index in [1.54, 1.807) is 12.5 Å². The Morgan fingerprint density at radius 1 is 1.06 bits per heavy atom. The van der Waals surface area contributed by atoms with E-state index in [0.29, 0.717) is 45.8 Å². The zero-order valence-corrected chi connectivity index (χ0v) is 20.7. The molecule has 190 valence electrons. The second-order valence-corrected chi connectivity index (χ2v) is 9.19. The van der Waals surface area contributed by atoms with E-state index in [1.165, 1.54) is 0 Å². The number of carbonyl (C=O) groups excluding carboxylic acids is 2. The third-order valence-corrected chi connectivity index (χ3v) is 6.17. The maximum Gasteiger partial charge on any atom is 0.234 e. The predicted octanol–water partition coefficient (Wildman–Crippen LogP) is 2.99. The Kier molecular flexibility index (Phi) is 9.50. The molecule has 8 heteroatoms. The van der Waals surface area contributed by atoms with Crippen LogP contribution in [0.4, 0.5) is 0 Å². The lowest BCUT2D eigenvalue weighted by atomic mass is 10.1. The van der Waals surface area contributed by atoms with Gasteiger partial charge in [0.25, 0.3) is 0 Å². The SMILES string of the molecule is O=C(Cc1ccc2c(c1)CN(Cc1ccccc1)CC(=O)NCCCCCO2)NCCc1cnc[nH]1. The first-order valence-corrected chi connectivity index (χ1v) is 12.7. The second kappa shape index (κ2) is 13.4. The molecule has 0 bridgehead atoms. The first-order valence-electron chi connectivity index (χ1n) is 12.7. The van der Waals surface area contributed by atoms with Crippen LogP contribution in [0, 0.1) is 0 Å². The van der Waals surface area contributed by atoms with Crippen molar-refractivity contribution < 1.29 is 14.3 Å². The first-order chi connectivity index (χ1) is 17.7. The number of fused-ring (bicyclic) bond motifs is 1. The van der Waals surface area contributed by atoms with Gasteiger partial charge in [0.1, 0.15) is 5.75 Å². The van der Waals surface area contributed by atoms with Gasteiger partial charge >= 0.3 is 0 Å². The molecule has 8 nitrogen and oxygen atoms in total.